The number of hydrogen-bond acceptors (Lipinski definition) is 7. The Morgan fingerprint density at radius 2 is 1.97 bits per heavy atom. The zero-order valence-corrected chi connectivity index (χ0v) is 19.6. The fraction of sp³-hybridized carbons (Fsp3) is 0.550. The lowest BCUT2D eigenvalue weighted by Gasteiger charge is -2.26. The van der Waals surface area contributed by atoms with Gasteiger partial charge in [0.2, 0.25) is 5.91 Å². The number of amidine groups is 1. The van der Waals surface area contributed by atoms with E-state index in [1.807, 2.05) is 18.2 Å². The Bertz CT molecular complexity index is 987. The molecule has 2 saturated heterocycles. The summed E-state index contributed by atoms with van der Waals surface area (Å²) in [7, 11) is -1.62. The van der Waals surface area contributed by atoms with Crippen LogP contribution in [-0.2, 0) is 19.4 Å². The van der Waals surface area contributed by atoms with Gasteiger partial charge < -0.3 is 19.7 Å². The minimum Gasteiger partial charge on any atom is -0.495 e. The van der Waals surface area contributed by atoms with Crippen molar-refractivity contribution in [3.8, 4) is 5.75 Å². The van der Waals surface area contributed by atoms with E-state index in [-0.39, 0.29) is 35.8 Å². The van der Waals surface area contributed by atoms with E-state index in [9.17, 15) is 18.0 Å². The normalized spacial score (nSPS) is 23.5. The van der Waals surface area contributed by atoms with Crippen LogP contribution in [0.5, 0.6) is 5.75 Å². The van der Waals surface area contributed by atoms with Crippen molar-refractivity contribution in [2.45, 2.75) is 44.1 Å². The highest BCUT2D eigenvalue weighted by Gasteiger charge is 2.50. The van der Waals surface area contributed by atoms with Crippen molar-refractivity contribution in [1.82, 2.24) is 5.32 Å². The molecular formula is C20H27N3O6S2. The number of para-hydroxylation sites is 2. The van der Waals surface area contributed by atoms with Crippen LogP contribution in [0.2, 0.25) is 0 Å². The van der Waals surface area contributed by atoms with Crippen LogP contribution in [0.4, 0.5) is 10.5 Å². The molecule has 1 aromatic carbocycles. The summed E-state index contributed by atoms with van der Waals surface area (Å²) in [6.45, 7) is 5.35. The Hall–Kier alpha value is -2.27. The van der Waals surface area contributed by atoms with Gasteiger partial charge in [0.05, 0.1) is 30.3 Å². The molecule has 2 amide bonds. The molecule has 9 nitrogen and oxygen atoms in total. The van der Waals surface area contributed by atoms with Crippen molar-refractivity contribution in [3.63, 3.8) is 0 Å². The van der Waals surface area contributed by atoms with Gasteiger partial charge in [-0.05, 0) is 32.9 Å². The summed E-state index contributed by atoms with van der Waals surface area (Å²) >= 11 is 1.29. The molecule has 31 heavy (non-hydrogen) atoms. The lowest BCUT2D eigenvalue weighted by Crippen LogP contribution is -2.38. The lowest BCUT2D eigenvalue weighted by atomic mass is 10.2. The van der Waals surface area contributed by atoms with Crippen molar-refractivity contribution in [3.05, 3.63) is 24.3 Å². The van der Waals surface area contributed by atoms with Gasteiger partial charge >= 0.3 is 6.09 Å². The first-order valence-corrected chi connectivity index (χ1v) is 12.6. The number of carbonyl (C=O) groups is 2. The third kappa shape index (κ3) is 5.91. The number of nitrogens with zero attached hydrogens (tertiary/aromatic N) is 2. The number of aliphatic imine (C=N–C) groups is 1. The third-order valence-electron chi connectivity index (χ3n) is 4.64. The Kier molecular flexibility index (Phi) is 6.85. The maximum atomic E-state index is 12.5. The molecule has 2 aliphatic rings. The number of hydrogen-bond donors (Lipinski definition) is 1. The minimum atomic E-state index is -3.16. The van der Waals surface area contributed by atoms with Gasteiger partial charge in [0.25, 0.3) is 0 Å². The Balaban J connectivity index is 1.75. The number of amides is 2. The van der Waals surface area contributed by atoms with E-state index >= 15 is 0 Å². The monoisotopic (exact) mass is 469 g/mol. The maximum absolute atomic E-state index is 12.5. The van der Waals surface area contributed by atoms with E-state index in [4.69, 9.17) is 9.47 Å². The van der Waals surface area contributed by atoms with Crippen LogP contribution in [0, 0.1) is 0 Å². The molecule has 2 heterocycles. The lowest BCUT2D eigenvalue weighted by molar-refractivity contribution is -0.117. The number of alkyl carbamates (subject to hydrolysis) is 1. The molecule has 0 radical (unpaired) electrons. The Morgan fingerprint density at radius 3 is 2.65 bits per heavy atom. The van der Waals surface area contributed by atoms with Crippen LogP contribution >= 0.6 is 11.8 Å². The number of benzene rings is 1. The van der Waals surface area contributed by atoms with Gasteiger partial charge in [0.1, 0.15) is 11.4 Å². The number of carbonyl (C=O) groups excluding carboxylic acids is 2. The van der Waals surface area contributed by atoms with E-state index in [1.54, 1.807) is 31.7 Å². The highest BCUT2D eigenvalue weighted by molar-refractivity contribution is 8.16. The van der Waals surface area contributed by atoms with Crippen molar-refractivity contribution >= 4 is 44.5 Å². The van der Waals surface area contributed by atoms with Crippen molar-refractivity contribution in [1.29, 1.82) is 0 Å². The molecule has 11 heteroatoms. The molecule has 0 bridgehead atoms. The highest BCUT2D eigenvalue weighted by Crippen LogP contribution is 2.43. The number of methoxy groups -OCH3 is 1. The van der Waals surface area contributed by atoms with Crippen molar-refractivity contribution < 1.29 is 27.5 Å². The fourth-order valence-electron chi connectivity index (χ4n) is 3.42. The first-order valence-electron chi connectivity index (χ1n) is 9.87. The van der Waals surface area contributed by atoms with Crippen LogP contribution in [0.3, 0.4) is 0 Å². The summed E-state index contributed by atoms with van der Waals surface area (Å²) in [6, 6.07) is 6.91. The first kappa shape index (κ1) is 23.4. The Morgan fingerprint density at radius 1 is 1.26 bits per heavy atom. The summed E-state index contributed by atoms with van der Waals surface area (Å²) in [6.07, 6.45) is -0.602. The van der Waals surface area contributed by atoms with Crippen LogP contribution in [0.1, 0.15) is 27.2 Å². The van der Waals surface area contributed by atoms with Gasteiger partial charge in [-0.25, -0.2) is 13.2 Å². The van der Waals surface area contributed by atoms with Gasteiger partial charge in [0, 0.05) is 18.2 Å². The molecule has 1 aromatic rings. The van der Waals surface area contributed by atoms with Gasteiger partial charge in [-0.15, -0.1) is 0 Å². The average Bonchev–Trinajstić information content (AvgIpc) is 3.10. The smallest absolute Gasteiger partial charge is 0.407 e. The zero-order chi connectivity index (χ0) is 22.8. The second-order valence-electron chi connectivity index (χ2n) is 8.31. The molecule has 0 aliphatic carbocycles. The fourth-order valence-corrected chi connectivity index (χ4v) is 7.35. The van der Waals surface area contributed by atoms with Crippen molar-refractivity contribution in [2.75, 3.05) is 30.1 Å². The number of anilines is 1. The van der Waals surface area contributed by atoms with Gasteiger partial charge in [-0.3, -0.25) is 4.79 Å². The van der Waals surface area contributed by atoms with Crippen molar-refractivity contribution in [2.24, 2.45) is 4.99 Å². The largest absolute Gasteiger partial charge is 0.495 e. The van der Waals surface area contributed by atoms with E-state index < -0.39 is 27.4 Å². The summed E-state index contributed by atoms with van der Waals surface area (Å²) < 4.78 is 34.9. The SMILES string of the molecule is COc1ccccc1N1C(=NC(=O)CCNC(=O)OC(C)(C)C)S[C@H]2CS(=O)(=O)C[C@H]21. The molecule has 2 fully saturated rings. The molecule has 170 valence electrons. The standard InChI is InChI=1S/C20H27N3O6S2/c1-20(2,3)29-19(25)21-10-9-17(24)22-18-23(13-7-5-6-8-15(13)28-4)14-11-31(26,27)12-16(14)30-18/h5-8,14,16H,9-12H2,1-4H3,(H,21,25)/t14-,16+/m1/s1. The van der Waals surface area contributed by atoms with E-state index in [0.29, 0.717) is 16.6 Å². The molecule has 2 atom stereocenters. The molecule has 1 N–H and O–H groups in total. The average molecular weight is 470 g/mol. The number of thioether (sulfide) groups is 1. The molecule has 0 saturated carbocycles. The zero-order valence-electron chi connectivity index (χ0n) is 18.0. The van der Waals surface area contributed by atoms with Gasteiger partial charge in [0.15, 0.2) is 15.0 Å². The van der Waals surface area contributed by atoms with E-state index in [1.165, 1.54) is 18.9 Å². The third-order valence-corrected chi connectivity index (χ3v) is 7.85. The van der Waals surface area contributed by atoms with Gasteiger partial charge in [-0.2, -0.15) is 4.99 Å². The molecule has 2 aliphatic heterocycles. The quantitative estimate of drug-likeness (QED) is 0.698. The predicted molar refractivity (Wildman–Crippen MR) is 121 cm³/mol. The molecule has 3 rings (SSSR count). The molecular weight excluding hydrogens is 442 g/mol. The predicted octanol–water partition coefficient (Wildman–Crippen LogP) is 2.21. The second-order valence-corrected chi connectivity index (χ2v) is 11.7. The van der Waals surface area contributed by atoms with Crippen LogP contribution < -0.4 is 15.0 Å². The molecule has 0 spiro atoms. The van der Waals surface area contributed by atoms with Crippen LogP contribution in [-0.4, -0.2) is 67.6 Å². The summed E-state index contributed by atoms with van der Waals surface area (Å²) in [4.78, 5) is 30.2. The second kappa shape index (κ2) is 9.07. The first-order chi connectivity index (χ1) is 14.5. The number of rotatable bonds is 5. The number of nitrogens with one attached hydrogen (secondary N) is 1. The van der Waals surface area contributed by atoms with E-state index in [2.05, 4.69) is 10.3 Å². The summed E-state index contributed by atoms with van der Waals surface area (Å²) in [5.74, 6) is 0.193. The minimum absolute atomic E-state index is 0.00327. The van der Waals surface area contributed by atoms with Crippen LogP contribution in [0.15, 0.2) is 29.3 Å². The van der Waals surface area contributed by atoms with Crippen LogP contribution in [0.25, 0.3) is 0 Å². The molecule has 0 aromatic heterocycles. The molecule has 0 unspecified atom stereocenters. The number of fused-ring (bicyclic) bond motifs is 1. The summed E-state index contributed by atoms with van der Waals surface area (Å²) in [5, 5.41) is 2.77. The number of ether oxygens (including phenoxy) is 2. The Labute approximate surface area is 186 Å². The number of sulfone groups is 1. The highest BCUT2D eigenvalue weighted by atomic mass is 32.2. The maximum Gasteiger partial charge on any atom is 0.407 e. The van der Waals surface area contributed by atoms with Gasteiger partial charge in [-0.1, -0.05) is 23.9 Å². The summed E-state index contributed by atoms with van der Waals surface area (Å²) in [5.41, 5.74) is 0.0443. The van der Waals surface area contributed by atoms with E-state index in [0.717, 1.165) is 0 Å². The topological polar surface area (TPSA) is 114 Å².